The van der Waals surface area contributed by atoms with Crippen molar-refractivity contribution in [1.82, 2.24) is 15.2 Å². The number of aryl methyl sites for hydroxylation is 1. The molecule has 0 fully saturated rings. The molecule has 0 atom stereocenters. The van der Waals surface area contributed by atoms with Crippen LogP contribution in [0.4, 0.5) is 0 Å². The summed E-state index contributed by atoms with van der Waals surface area (Å²) in [5, 5.41) is 6.40. The van der Waals surface area contributed by atoms with E-state index in [2.05, 4.69) is 17.2 Å². The number of para-hydroxylation sites is 1. The predicted octanol–water partition coefficient (Wildman–Crippen LogP) is 2.27. The van der Waals surface area contributed by atoms with Gasteiger partial charge in [0, 0.05) is 31.3 Å². The molecule has 0 unspecified atom stereocenters. The van der Waals surface area contributed by atoms with Crippen molar-refractivity contribution in [2.24, 2.45) is 7.05 Å². The molecule has 142 valence electrons. The molecule has 0 bridgehead atoms. The van der Waals surface area contributed by atoms with Crippen molar-refractivity contribution in [1.29, 1.82) is 0 Å². The van der Waals surface area contributed by atoms with Gasteiger partial charge in [-0.05, 0) is 35.2 Å². The van der Waals surface area contributed by atoms with E-state index in [1.807, 2.05) is 24.3 Å². The molecule has 3 rings (SSSR count). The molecule has 1 heterocycles. The van der Waals surface area contributed by atoms with E-state index in [1.165, 1.54) is 6.08 Å². The first-order chi connectivity index (χ1) is 13.5. The van der Waals surface area contributed by atoms with E-state index in [0.29, 0.717) is 16.7 Å². The molecule has 0 spiro atoms. The maximum atomic E-state index is 12.7. The molecule has 28 heavy (non-hydrogen) atoms. The molecule has 1 aromatic heterocycles. The number of rotatable bonds is 6. The first kappa shape index (κ1) is 19.1. The van der Waals surface area contributed by atoms with Crippen molar-refractivity contribution >= 4 is 22.7 Å². The van der Waals surface area contributed by atoms with Gasteiger partial charge in [0.1, 0.15) is 0 Å². The third kappa shape index (κ3) is 4.01. The molecule has 0 saturated carbocycles. The van der Waals surface area contributed by atoms with E-state index >= 15 is 0 Å². The van der Waals surface area contributed by atoms with Crippen LogP contribution in [-0.4, -0.2) is 16.4 Å². The van der Waals surface area contributed by atoms with Gasteiger partial charge < -0.3 is 15.2 Å². The molecule has 6 nitrogen and oxygen atoms in total. The van der Waals surface area contributed by atoms with Crippen LogP contribution < -0.4 is 16.2 Å². The zero-order valence-electron chi connectivity index (χ0n) is 15.6. The van der Waals surface area contributed by atoms with Crippen molar-refractivity contribution in [2.45, 2.75) is 13.1 Å². The Morgan fingerprint density at radius 1 is 1.00 bits per heavy atom. The number of hydrogen-bond donors (Lipinski definition) is 2. The molecular weight excluding hydrogens is 354 g/mol. The molecule has 0 saturated heterocycles. The first-order valence-corrected chi connectivity index (χ1v) is 8.85. The van der Waals surface area contributed by atoms with Crippen LogP contribution in [0.1, 0.15) is 21.5 Å². The quantitative estimate of drug-likeness (QED) is 0.649. The Balaban J connectivity index is 1.79. The Hall–Kier alpha value is -3.67. The fourth-order valence-electron chi connectivity index (χ4n) is 3.04. The summed E-state index contributed by atoms with van der Waals surface area (Å²) in [6.07, 6.45) is 1.18. The van der Waals surface area contributed by atoms with E-state index in [9.17, 15) is 14.4 Å². The van der Waals surface area contributed by atoms with Crippen molar-refractivity contribution < 1.29 is 9.59 Å². The van der Waals surface area contributed by atoms with Crippen LogP contribution in [0.5, 0.6) is 0 Å². The Morgan fingerprint density at radius 2 is 1.68 bits per heavy atom. The Bertz CT molecular complexity index is 1120. The number of pyridine rings is 1. The lowest BCUT2D eigenvalue weighted by Gasteiger charge is -2.12. The third-order valence-corrected chi connectivity index (χ3v) is 4.55. The van der Waals surface area contributed by atoms with Gasteiger partial charge in [-0.2, -0.15) is 0 Å². The minimum atomic E-state index is -0.310. The normalized spacial score (nSPS) is 10.5. The molecule has 0 aliphatic carbocycles. The molecule has 2 N–H and O–H groups in total. The highest BCUT2D eigenvalue weighted by atomic mass is 16.2. The van der Waals surface area contributed by atoms with Crippen LogP contribution in [-0.2, 0) is 24.9 Å². The highest BCUT2D eigenvalue weighted by Gasteiger charge is 2.13. The molecule has 3 aromatic rings. The summed E-state index contributed by atoms with van der Waals surface area (Å²) >= 11 is 0. The Labute approximate surface area is 162 Å². The summed E-state index contributed by atoms with van der Waals surface area (Å²) in [7, 11) is 1.72. The molecular formula is C22H21N3O3. The number of aromatic nitrogens is 1. The van der Waals surface area contributed by atoms with Gasteiger partial charge in [0.25, 0.3) is 11.5 Å². The number of carbonyl (C=O) groups is 2. The molecule has 0 radical (unpaired) electrons. The average molecular weight is 375 g/mol. The fourth-order valence-corrected chi connectivity index (χ4v) is 3.04. The van der Waals surface area contributed by atoms with Crippen molar-refractivity contribution in [3.63, 3.8) is 0 Å². The highest BCUT2D eigenvalue weighted by molar-refractivity contribution is 5.96. The fraction of sp³-hybridized carbons (Fsp3) is 0.136. The van der Waals surface area contributed by atoms with E-state index < -0.39 is 0 Å². The predicted molar refractivity (Wildman–Crippen MR) is 109 cm³/mol. The van der Waals surface area contributed by atoms with E-state index in [0.717, 1.165) is 10.9 Å². The largest absolute Gasteiger partial charge is 0.348 e. The lowest BCUT2D eigenvalue weighted by atomic mass is 10.1. The summed E-state index contributed by atoms with van der Waals surface area (Å²) in [6, 6.07) is 16.4. The zero-order chi connectivity index (χ0) is 20.1. The van der Waals surface area contributed by atoms with Gasteiger partial charge in [-0.15, -0.1) is 0 Å². The van der Waals surface area contributed by atoms with Crippen LogP contribution in [0.3, 0.4) is 0 Å². The van der Waals surface area contributed by atoms with Crippen LogP contribution in [0.2, 0.25) is 0 Å². The SMILES string of the molecule is C=CC(=O)NCc1ccccc1C(=O)NCc1cc2ccccc2n(C)c1=O. The zero-order valence-corrected chi connectivity index (χ0v) is 15.6. The van der Waals surface area contributed by atoms with Gasteiger partial charge in [-0.3, -0.25) is 14.4 Å². The number of hydrogen-bond acceptors (Lipinski definition) is 3. The minimum Gasteiger partial charge on any atom is -0.348 e. The Kier molecular flexibility index (Phi) is 5.69. The van der Waals surface area contributed by atoms with Gasteiger partial charge in [0.15, 0.2) is 0 Å². The van der Waals surface area contributed by atoms with E-state index in [4.69, 9.17) is 0 Å². The van der Waals surface area contributed by atoms with Gasteiger partial charge in [0.05, 0.1) is 5.52 Å². The summed E-state index contributed by atoms with van der Waals surface area (Å²) in [5.74, 6) is -0.617. The molecule has 0 aliphatic rings. The van der Waals surface area contributed by atoms with Crippen LogP contribution >= 0.6 is 0 Å². The topological polar surface area (TPSA) is 80.2 Å². The number of fused-ring (bicyclic) bond motifs is 1. The standard InChI is InChI=1S/C22H21N3O3/c1-3-20(26)23-13-16-9-4-6-10-18(16)21(27)24-14-17-12-15-8-5-7-11-19(15)25(2)22(17)28/h3-12H,1,13-14H2,2H3,(H,23,26)(H,24,27). The average Bonchev–Trinajstić information content (AvgIpc) is 2.73. The molecule has 2 amide bonds. The molecule has 2 aromatic carbocycles. The smallest absolute Gasteiger partial charge is 0.255 e. The maximum absolute atomic E-state index is 12.7. The summed E-state index contributed by atoms with van der Waals surface area (Å²) in [6.45, 7) is 3.74. The second kappa shape index (κ2) is 8.35. The van der Waals surface area contributed by atoms with Crippen molar-refractivity contribution in [3.05, 3.63) is 94.3 Å². The minimum absolute atomic E-state index is 0.115. The van der Waals surface area contributed by atoms with Crippen LogP contribution in [0.25, 0.3) is 10.9 Å². The first-order valence-electron chi connectivity index (χ1n) is 8.85. The molecule has 0 aliphatic heterocycles. The van der Waals surface area contributed by atoms with Crippen molar-refractivity contribution in [2.75, 3.05) is 0 Å². The monoisotopic (exact) mass is 375 g/mol. The number of nitrogens with one attached hydrogen (secondary N) is 2. The highest BCUT2D eigenvalue weighted by Crippen LogP contribution is 2.13. The van der Waals surface area contributed by atoms with Gasteiger partial charge in [-0.25, -0.2) is 0 Å². The second-order valence-corrected chi connectivity index (χ2v) is 6.35. The molecule has 6 heteroatoms. The Morgan fingerprint density at radius 3 is 2.46 bits per heavy atom. The third-order valence-electron chi connectivity index (χ3n) is 4.55. The van der Waals surface area contributed by atoms with Crippen LogP contribution in [0.15, 0.2) is 72.0 Å². The van der Waals surface area contributed by atoms with Gasteiger partial charge in [-0.1, -0.05) is 43.0 Å². The van der Waals surface area contributed by atoms with E-state index in [-0.39, 0.29) is 30.5 Å². The lowest BCUT2D eigenvalue weighted by molar-refractivity contribution is -0.116. The maximum Gasteiger partial charge on any atom is 0.255 e. The summed E-state index contributed by atoms with van der Waals surface area (Å²) in [5.41, 5.74) is 2.33. The number of amides is 2. The summed E-state index contributed by atoms with van der Waals surface area (Å²) in [4.78, 5) is 36.6. The van der Waals surface area contributed by atoms with Crippen LogP contribution in [0, 0.1) is 0 Å². The van der Waals surface area contributed by atoms with Gasteiger partial charge in [0.2, 0.25) is 5.91 Å². The lowest BCUT2D eigenvalue weighted by Crippen LogP contribution is -2.30. The summed E-state index contributed by atoms with van der Waals surface area (Å²) < 4.78 is 1.58. The number of nitrogens with zero attached hydrogens (tertiary/aromatic N) is 1. The second-order valence-electron chi connectivity index (χ2n) is 6.35. The van der Waals surface area contributed by atoms with Gasteiger partial charge >= 0.3 is 0 Å². The number of benzene rings is 2. The van der Waals surface area contributed by atoms with Crippen molar-refractivity contribution in [3.8, 4) is 0 Å². The van der Waals surface area contributed by atoms with E-state index in [1.54, 1.807) is 41.9 Å². The number of carbonyl (C=O) groups excluding carboxylic acids is 2.